The van der Waals surface area contributed by atoms with Gasteiger partial charge in [-0.25, -0.2) is 4.98 Å². The molecule has 0 aliphatic carbocycles. The first kappa shape index (κ1) is 19.4. The molecule has 6 nitrogen and oxygen atoms in total. The van der Waals surface area contributed by atoms with Gasteiger partial charge >= 0.3 is 0 Å². The SMILES string of the molecule is CC(C)(C)c1cc(CC(C)(C)c2cnc(CC(C)(C)c3ccn[nH]3)[nH]2)on1. The largest absolute Gasteiger partial charge is 0.361 e. The Morgan fingerprint density at radius 1 is 0.963 bits per heavy atom. The minimum absolute atomic E-state index is 0.00863. The summed E-state index contributed by atoms with van der Waals surface area (Å²) in [6.45, 7) is 15.2. The second-order valence-corrected chi connectivity index (χ2v) is 9.76. The Bertz CT molecular complexity index is 878. The van der Waals surface area contributed by atoms with E-state index in [0.717, 1.165) is 41.5 Å². The molecule has 3 rings (SSSR count). The highest BCUT2D eigenvalue weighted by atomic mass is 16.5. The molecule has 0 bridgehead atoms. The van der Waals surface area contributed by atoms with E-state index in [2.05, 4.69) is 79.9 Å². The number of nitrogens with one attached hydrogen (secondary N) is 2. The Hall–Kier alpha value is -2.37. The van der Waals surface area contributed by atoms with Crippen molar-refractivity contribution in [2.45, 2.75) is 77.6 Å². The van der Waals surface area contributed by atoms with Crippen LogP contribution in [0.25, 0.3) is 0 Å². The topological polar surface area (TPSA) is 83.4 Å². The van der Waals surface area contributed by atoms with Crippen molar-refractivity contribution in [1.82, 2.24) is 25.3 Å². The average Bonchev–Trinajstić information content (AvgIpc) is 3.27. The molecule has 0 aliphatic heterocycles. The first-order valence-electron chi connectivity index (χ1n) is 9.48. The number of imidazole rings is 1. The molecule has 0 aliphatic rings. The van der Waals surface area contributed by atoms with E-state index in [-0.39, 0.29) is 16.2 Å². The van der Waals surface area contributed by atoms with Crippen molar-refractivity contribution >= 4 is 0 Å². The minimum atomic E-state index is -0.127. The molecule has 0 aromatic carbocycles. The van der Waals surface area contributed by atoms with E-state index in [0.29, 0.717) is 0 Å². The van der Waals surface area contributed by atoms with Gasteiger partial charge in [-0.2, -0.15) is 5.10 Å². The third-order valence-corrected chi connectivity index (χ3v) is 5.14. The van der Waals surface area contributed by atoms with E-state index in [9.17, 15) is 0 Å². The third kappa shape index (κ3) is 4.31. The van der Waals surface area contributed by atoms with Gasteiger partial charge in [0.05, 0.1) is 5.69 Å². The summed E-state index contributed by atoms with van der Waals surface area (Å²) in [7, 11) is 0. The van der Waals surface area contributed by atoms with Gasteiger partial charge in [0.15, 0.2) is 0 Å². The normalized spacial score (nSPS) is 13.3. The van der Waals surface area contributed by atoms with Crippen molar-refractivity contribution in [1.29, 1.82) is 0 Å². The monoisotopic (exact) mass is 369 g/mol. The number of rotatable bonds is 6. The lowest BCUT2D eigenvalue weighted by molar-refractivity contribution is 0.339. The van der Waals surface area contributed by atoms with Crippen LogP contribution in [0.4, 0.5) is 0 Å². The van der Waals surface area contributed by atoms with E-state index in [1.165, 1.54) is 0 Å². The summed E-state index contributed by atoms with van der Waals surface area (Å²) in [5.74, 6) is 1.88. The molecule has 0 saturated heterocycles. The van der Waals surface area contributed by atoms with Gasteiger partial charge in [0.2, 0.25) is 0 Å². The summed E-state index contributed by atoms with van der Waals surface area (Å²) >= 11 is 0. The predicted molar refractivity (Wildman–Crippen MR) is 106 cm³/mol. The molecule has 0 spiro atoms. The van der Waals surface area contributed by atoms with Crippen molar-refractivity contribution in [3.05, 3.63) is 53.2 Å². The first-order chi connectivity index (χ1) is 12.5. The molecule has 146 valence electrons. The van der Waals surface area contributed by atoms with Gasteiger partial charge in [-0.05, 0) is 6.07 Å². The highest BCUT2D eigenvalue weighted by molar-refractivity contribution is 5.22. The van der Waals surface area contributed by atoms with Gasteiger partial charge in [-0.3, -0.25) is 5.10 Å². The van der Waals surface area contributed by atoms with E-state index in [4.69, 9.17) is 4.52 Å². The van der Waals surface area contributed by atoms with Crippen molar-refractivity contribution in [2.75, 3.05) is 0 Å². The Kier molecular flexibility index (Phi) is 4.78. The molecule has 27 heavy (non-hydrogen) atoms. The summed E-state index contributed by atoms with van der Waals surface area (Å²) in [5, 5.41) is 11.4. The molecule has 0 fully saturated rings. The van der Waals surface area contributed by atoms with Crippen molar-refractivity contribution in [3.8, 4) is 0 Å². The van der Waals surface area contributed by atoms with Crippen molar-refractivity contribution < 1.29 is 4.52 Å². The lowest BCUT2D eigenvalue weighted by Gasteiger charge is -2.23. The van der Waals surface area contributed by atoms with E-state index in [1.54, 1.807) is 6.20 Å². The van der Waals surface area contributed by atoms with Gasteiger partial charge in [0.25, 0.3) is 0 Å². The molecule has 0 radical (unpaired) electrons. The summed E-state index contributed by atoms with van der Waals surface area (Å²) in [4.78, 5) is 8.15. The molecule has 0 unspecified atom stereocenters. The van der Waals surface area contributed by atoms with Crippen LogP contribution >= 0.6 is 0 Å². The number of hydrogen-bond acceptors (Lipinski definition) is 4. The smallest absolute Gasteiger partial charge is 0.137 e. The summed E-state index contributed by atoms with van der Waals surface area (Å²) in [6, 6.07) is 4.09. The first-order valence-corrected chi connectivity index (χ1v) is 9.48. The van der Waals surface area contributed by atoms with Crippen LogP contribution in [0, 0.1) is 0 Å². The maximum absolute atomic E-state index is 5.59. The lowest BCUT2D eigenvalue weighted by Crippen LogP contribution is -2.23. The zero-order valence-corrected chi connectivity index (χ0v) is 17.5. The molecule has 0 saturated carbocycles. The molecule has 3 heterocycles. The van der Waals surface area contributed by atoms with Crippen LogP contribution in [-0.4, -0.2) is 25.3 Å². The number of hydrogen-bond donors (Lipinski definition) is 2. The molecule has 3 aromatic heterocycles. The summed E-state index contributed by atoms with van der Waals surface area (Å²) in [6.07, 6.45) is 5.31. The molecule has 0 amide bonds. The van der Waals surface area contributed by atoms with Crippen molar-refractivity contribution in [3.63, 3.8) is 0 Å². The molecule has 2 N–H and O–H groups in total. The minimum Gasteiger partial charge on any atom is -0.361 e. The Morgan fingerprint density at radius 3 is 2.26 bits per heavy atom. The van der Waals surface area contributed by atoms with E-state index in [1.807, 2.05) is 12.3 Å². The standard InChI is InChI=1S/C21H31N5O/c1-19(2,3)16-10-14(27-26-16)11-20(4,5)17-13-22-18(24-17)12-21(6,7)15-8-9-23-25-15/h8-10,13H,11-12H2,1-7H3,(H,22,24)(H,23,25). The average molecular weight is 370 g/mol. The molecular formula is C21H31N5O. The quantitative estimate of drug-likeness (QED) is 0.672. The maximum Gasteiger partial charge on any atom is 0.137 e. The number of aromatic amines is 2. The van der Waals surface area contributed by atoms with Crippen LogP contribution in [0.15, 0.2) is 29.0 Å². The Morgan fingerprint density at radius 2 is 1.67 bits per heavy atom. The Labute approximate surface area is 161 Å². The van der Waals surface area contributed by atoms with Crippen LogP contribution in [-0.2, 0) is 29.1 Å². The van der Waals surface area contributed by atoms with Crippen LogP contribution in [0.5, 0.6) is 0 Å². The fourth-order valence-corrected chi connectivity index (χ4v) is 3.22. The van der Waals surface area contributed by atoms with Gasteiger partial charge in [0.1, 0.15) is 11.6 Å². The van der Waals surface area contributed by atoms with Gasteiger partial charge in [-0.1, -0.05) is 53.6 Å². The highest BCUT2D eigenvalue weighted by Gasteiger charge is 2.29. The second kappa shape index (κ2) is 6.66. The zero-order valence-electron chi connectivity index (χ0n) is 17.5. The highest BCUT2D eigenvalue weighted by Crippen LogP contribution is 2.30. The molecule has 6 heteroatoms. The molecular weight excluding hydrogens is 338 g/mol. The van der Waals surface area contributed by atoms with Crippen LogP contribution in [0.3, 0.4) is 0 Å². The Balaban J connectivity index is 1.73. The summed E-state index contributed by atoms with van der Waals surface area (Å²) < 4.78 is 5.59. The van der Waals surface area contributed by atoms with Gasteiger partial charge < -0.3 is 9.51 Å². The van der Waals surface area contributed by atoms with Crippen LogP contribution in [0.1, 0.15) is 77.1 Å². The fourth-order valence-electron chi connectivity index (χ4n) is 3.22. The second-order valence-electron chi connectivity index (χ2n) is 9.76. The number of aromatic nitrogens is 5. The molecule has 3 aromatic rings. The van der Waals surface area contributed by atoms with E-state index < -0.39 is 0 Å². The van der Waals surface area contributed by atoms with Crippen LogP contribution < -0.4 is 0 Å². The lowest BCUT2D eigenvalue weighted by atomic mass is 9.84. The van der Waals surface area contributed by atoms with Gasteiger partial charge in [-0.15, -0.1) is 0 Å². The van der Waals surface area contributed by atoms with Gasteiger partial charge in [0, 0.05) is 58.9 Å². The van der Waals surface area contributed by atoms with Crippen LogP contribution in [0.2, 0.25) is 0 Å². The summed E-state index contributed by atoms with van der Waals surface area (Å²) in [5.41, 5.74) is 2.99. The maximum atomic E-state index is 5.59. The zero-order chi connectivity index (χ0) is 19.9. The molecule has 0 atom stereocenters. The fraction of sp³-hybridized carbons (Fsp3) is 0.571. The number of H-pyrrole nitrogens is 2. The third-order valence-electron chi connectivity index (χ3n) is 5.14. The van der Waals surface area contributed by atoms with E-state index >= 15 is 0 Å². The number of nitrogens with zero attached hydrogens (tertiary/aromatic N) is 3. The van der Waals surface area contributed by atoms with Crippen molar-refractivity contribution in [2.24, 2.45) is 0 Å². The predicted octanol–water partition coefficient (Wildman–Crippen LogP) is 4.46.